The molecule has 0 aliphatic heterocycles. The summed E-state index contributed by atoms with van der Waals surface area (Å²) in [6.07, 6.45) is 2.10. The number of hydrogen-bond donors (Lipinski definition) is 2. The second-order valence-corrected chi connectivity index (χ2v) is 4.13. The fraction of sp³-hybridized carbons (Fsp3) is 0.273. The zero-order chi connectivity index (χ0) is 12.7. The molecule has 2 N–H and O–H groups in total. The third-order valence-corrected chi connectivity index (χ3v) is 2.48. The van der Waals surface area contributed by atoms with Gasteiger partial charge in [0.15, 0.2) is 0 Å². The summed E-state index contributed by atoms with van der Waals surface area (Å²) in [5.41, 5.74) is 3.00. The second kappa shape index (κ2) is 7.27. The van der Waals surface area contributed by atoms with Gasteiger partial charge in [-0.1, -0.05) is 29.3 Å². The van der Waals surface area contributed by atoms with Crippen LogP contribution < -0.4 is 5.43 Å². The third-order valence-electron chi connectivity index (χ3n) is 1.92. The molecule has 6 heteroatoms. The molecule has 0 heterocycles. The molecule has 0 aliphatic carbocycles. The first-order chi connectivity index (χ1) is 8.13. The third kappa shape index (κ3) is 5.17. The number of hydrazone groups is 1. The number of rotatable bonds is 5. The van der Waals surface area contributed by atoms with Crippen molar-refractivity contribution in [3.63, 3.8) is 0 Å². The minimum Gasteiger partial charge on any atom is -0.396 e. The Bertz CT molecular complexity index is 422. The van der Waals surface area contributed by atoms with Crippen LogP contribution in [-0.4, -0.2) is 23.8 Å². The molecule has 0 unspecified atom stereocenters. The number of carbonyl (C=O) groups is 1. The molecule has 0 aliphatic rings. The van der Waals surface area contributed by atoms with Gasteiger partial charge in [0.05, 0.1) is 11.2 Å². The molecule has 0 spiro atoms. The standard InChI is InChI=1S/C11H12Cl2N2O2/c12-9-4-3-8(10(13)6-9)7-14-15-11(17)2-1-5-16/h3-4,6-7,16H,1-2,5H2,(H,15,17)/b14-7+. The lowest BCUT2D eigenvalue weighted by Crippen LogP contribution is -2.17. The van der Waals surface area contributed by atoms with Crippen molar-refractivity contribution in [1.82, 2.24) is 5.43 Å². The number of amides is 1. The minimum atomic E-state index is -0.250. The number of halogens is 2. The average molecular weight is 275 g/mol. The van der Waals surface area contributed by atoms with Crippen molar-refractivity contribution < 1.29 is 9.90 Å². The van der Waals surface area contributed by atoms with Gasteiger partial charge in [0, 0.05) is 23.6 Å². The molecule has 4 nitrogen and oxygen atoms in total. The highest BCUT2D eigenvalue weighted by molar-refractivity contribution is 6.36. The van der Waals surface area contributed by atoms with Crippen LogP contribution in [-0.2, 0) is 4.79 Å². The van der Waals surface area contributed by atoms with Gasteiger partial charge in [0.1, 0.15) is 0 Å². The highest BCUT2D eigenvalue weighted by atomic mass is 35.5. The molecule has 0 saturated carbocycles. The second-order valence-electron chi connectivity index (χ2n) is 3.29. The van der Waals surface area contributed by atoms with Crippen LogP contribution in [0.1, 0.15) is 18.4 Å². The molecule has 1 aromatic rings. The summed E-state index contributed by atoms with van der Waals surface area (Å²) < 4.78 is 0. The highest BCUT2D eigenvalue weighted by Crippen LogP contribution is 2.19. The Morgan fingerprint density at radius 1 is 1.47 bits per heavy atom. The van der Waals surface area contributed by atoms with Gasteiger partial charge < -0.3 is 5.11 Å². The fourth-order valence-electron chi connectivity index (χ4n) is 1.08. The molecule has 1 amide bonds. The smallest absolute Gasteiger partial charge is 0.240 e. The average Bonchev–Trinajstić information content (AvgIpc) is 2.29. The van der Waals surface area contributed by atoms with Gasteiger partial charge in [-0.25, -0.2) is 5.43 Å². The van der Waals surface area contributed by atoms with Gasteiger partial charge >= 0.3 is 0 Å². The van der Waals surface area contributed by atoms with Crippen LogP contribution >= 0.6 is 23.2 Å². The van der Waals surface area contributed by atoms with Crippen molar-refractivity contribution in [2.45, 2.75) is 12.8 Å². The van der Waals surface area contributed by atoms with Crippen LogP contribution in [0.2, 0.25) is 10.0 Å². The van der Waals surface area contributed by atoms with Gasteiger partial charge in [0.25, 0.3) is 0 Å². The van der Waals surface area contributed by atoms with E-state index in [0.717, 1.165) is 0 Å². The van der Waals surface area contributed by atoms with Gasteiger partial charge in [-0.2, -0.15) is 5.10 Å². The highest BCUT2D eigenvalue weighted by Gasteiger charge is 1.99. The van der Waals surface area contributed by atoms with Crippen LogP contribution in [0.5, 0.6) is 0 Å². The maximum Gasteiger partial charge on any atom is 0.240 e. The number of nitrogens with one attached hydrogen (secondary N) is 1. The molecule has 0 atom stereocenters. The fourth-order valence-corrected chi connectivity index (χ4v) is 1.53. The van der Waals surface area contributed by atoms with E-state index in [1.165, 1.54) is 6.21 Å². The summed E-state index contributed by atoms with van der Waals surface area (Å²) in [6.45, 7) is -0.0137. The van der Waals surface area contributed by atoms with E-state index in [1.54, 1.807) is 18.2 Å². The summed E-state index contributed by atoms with van der Waals surface area (Å²) in [7, 11) is 0. The lowest BCUT2D eigenvalue weighted by molar-refractivity contribution is -0.121. The number of carbonyl (C=O) groups excluding carboxylic acids is 1. The first-order valence-electron chi connectivity index (χ1n) is 5.01. The number of hydrogen-bond acceptors (Lipinski definition) is 3. The minimum absolute atomic E-state index is 0.0137. The largest absolute Gasteiger partial charge is 0.396 e. The first kappa shape index (κ1) is 14.0. The molecule has 0 saturated heterocycles. The molecule has 0 fully saturated rings. The van der Waals surface area contributed by atoms with E-state index in [0.29, 0.717) is 22.0 Å². The maximum atomic E-state index is 11.1. The SMILES string of the molecule is O=C(CCCO)N/N=C/c1ccc(Cl)cc1Cl. The monoisotopic (exact) mass is 274 g/mol. The number of aliphatic hydroxyl groups is 1. The molecule has 1 rings (SSSR count). The summed E-state index contributed by atoms with van der Waals surface area (Å²) >= 11 is 11.6. The van der Waals surface area contributed by atoms with E-state index in [4.69, 9.17) is 28.3 Å². The lowest BCUT2D eigenvalue weighted by Gasteiger charge is -1.99. The maximum absolute atomic E-state index is 11.1. The first-order valence-corrected chi connectivity index (χ1v) is 5.77. The topological polar surface area (TPSA) is 61.7 Å². The van der Waals surface area contributed by atoms with E-state index < -0.39 is 0 Å². The number of aliphatic hydroxyl groups excluding tert-OH is 1. The van der Waals surface area contributed by atoms with Crippen LogP contribution in [0.3, 0.4) is 0 Å². The van der Waals surface area contributed by atoms with E-state index in [2.05, 4.69) is 10.5 Å². The van der Waals surface area contributed by atoms with Gasteiger partial charge in [0.2, 0.25) is 5.91 Å². The summed E-state index contributed by atoms with van der Waals surface area (Å²) in [4.78, 5) is 11.1. The van der Waals surface area contributed by atoms with Crippen LogP contribution in [0.25, 0.3) is 0 Å². The van der Waals surface area contributed by atoms with E-state index in [1.807, 2.05) is 0 Å². The Hall–Kier alpha value is -1.10. The lowest BCUT2D eigenvalue weighted by atomic mass is 10.2. The van der Waals surface area contributed by atoms with Crippen LogP contribution in [0, 0.1) is 0 Å². The summed E-state index contributed by atoms with van der Waals surface area (Å²) in [5.74, 6) is -0.250. The summed E-state index contributed by atoms with van der Waals surface area (Å²) in [5, 5.41) is 13.3. The van der Waals surface area contributed by atoms with Crippen molar-refractivity contribution in [3.8, 4) is 0 Å². The Balaban J connectivity index is 2.50. The summed E-state index contributed by atoms with van der Waals surface area (Å²) in [6, 6.07) is 4.98. The Morgan fingerprint density at radius 3 is 2.88 bits per heavy atom. The quantitative estimate of drug-likeness (QED) is 0.639. The Labute approximate surface area is 109 Å². The zero-order valence-corrected chi connectivity index (χ0v) is 10.5. The molecule has 1 aromatic carbocycles. The van der Waals surface area contributed by atoms with Crippen molar-refractivity contribution in [3.05, 3.63) is 33.8 Å². The van der Waals surface area contributed by atoms with Crippen LogP contribution in [0.15, 0.2) is 23.3 Å². The Morgan fingerprint density at radius 2 is 2.24 bits per heavy atom. The molecule has 92 valence electrons. The molecule has 0 bridgehead atoms. The zero-order valence-electron chi connectivity index (χ0n) is 8.99. The predicted octanol–water partition coefficient (Wildman–Crippen LogP) is 2.22. The number of nitrogens with zero attached hydrogens (tertiary/aromatic N) is 1. The molecule has 17 heavy (non-hydrogen) atoms. The van der Waals surface area contributed by atoms with Crippen molar-refractivity contribution in [1.29, 1.82) is 0 Å². The predicted molar refractivity (Wildman–Crippen MR) is 68.5 cm³/mol. The van der Waals surface area contributed by atoms with Crippen LogP contribution in [0.4, 0.5) is 0 Å². The molecule has 0 radical (unpaired) electrons. The van der Waals surface area contributed by atoms with E-state index >= 15 is 0 Å². The van der Waals surface area contributed by atoms with Crippen molar-refractivity contribution >= 4 is 35.3 Å². The van der Waals surface area contributed by atoms with E-state index in [9.17, 15) is 4.79 Å². The normalized spacial score (nSPS) is 10.8. The van der Waals surface area contributed by atoms with Crippen molar-refractivity contribution in [2.24, 2.45) is 5.10 Å². The molecular weight excluding hydrogens is 263 g/mol. The molecule has 0 aromatic heterocycles. The van der Waals surface area contributed by atoms with Gasteiger partial charge in [-0.05, 0) is 18.6 Å². The molecular formula is C11H12Cl2N2O2. The number of benzene rings is 1. The van der Waals surface area contributed by atoms with Crippen molar-refractivity contribution in [2.75, 3.05) is 6.61 Å². The Kier molecular flexibility index (Phi) is 5.97. The van der Waals surface area contributed by atoms with E-state index in [-0.39, 0.29) is 18.9 Å². The van der Waals surface area contributed by atoms with Gasteiger partial charge in [-0.15, -0.1) is 0 Å². The van der Waals surface area contributed by atoms with Gasteiger partial charge in [-0.3, -0.25) is 4.79 Å².